The molecule has 0 atom stereocenters. The Morgan fingerprint density at radius 1 is 1.33 bits per heavy atom. The SMILES string of the molecule is CC(C)CCNC(=O)c1ccnc(N2CCC3(CC2)OCCO3)n1. The van der Waals surface area contributed by atoms with Crippen LogP contribution < -0.4 is 10.2 Å². The van der Waals surface area contributed by atoms with Gasteiger partial charge in [0.1, 0.15) is 5.69 Å². The molecule has 7 nitrogen and oxygen atoms in total. The highest BCUT2D eigenvalue weighted by Crippen LogP contribution is 2.32. The maximum atomic E-state index is 12.2. The summed E-state index contributed by atoms with van der Waals surface area (Å²) in [5.41, 5.74) is 0.414. The van der Waals surface area contributed by atoms with Gasteiger partial charge in [0.15, 0.2) is 5.79 Å². The average molecular weight is 334 g/mol. The Balaban J connectivity index is 1.58. The molecule has 3 rings (SSSR count). The van der Waals surface area contributed by atoms with E-state index in [0.717, 1.165) is 32.4 Å². The number of nitrogens with zero attached hydrogens (tertiary/aromatic N) is 3. The molecule has 0 unspecified atom stereocenters. The third-order valence-electron chi connectivity index (χ3n) is 4.50. The molecule has 1 N–H and O–H groups in total. The van der Waals surface area contributed by atoms with Gasteiger partial charge in [-0.15, -0.1) is 0 Å². The fraction of sp³-hybridized carbons (Fsp3) is 0.706. The van der Waals surface area contributed by atoms with Crippen LogP contribution >= 0.6 is 0 Å². The van der Waals surface area contributed by atoms with Gasteiger partial charge in [0.2, 0.25) is 5.95 Å². The molecule has 7 heteroatoms. The minimum absolute atomic E-state index is 0.143. The first-order chi connectivity index (χ1) is 11.6. The van der Waals surface area contributed by atoms with E-state index in [-0.39, 0.29) is 5.91 Å². The van der Waals surface area contributed by atoms with Gasteiger partial charge in [-0.2, -0.15) is 0 Å². The maximum absolute atomic E-state index is 12.2. The van der Waals surface area contributed by atoms with E-state index in [2.05, 4.69) is 34.0 Å². The minimum Gasteiger partial charge on any atom is -0.351 e. The normalized spacial score (nSPS) is 19.9. The molecule has 1 amide bonds. The van der Waals surface area contributed by atoms with E-state index in [0.29, 0.717) is 37.3 Å². The van der Waals surface area contributed by atoms with Crippen LogP contribution in [-0.4, -0.2) is 54.5 Å². The molecule has 0 aliphatic carbocycles. The van der Waals surface area contributed by atoms with Crippen molar-refractivity contribution in [3.8, 4) is 0 Å². The van der Waals surface area contributed by atoms with Crippen molar-refractivity contribution in [2.45, 2.75) is 38.9 Å². The van der Waals surface area contributed by atoms with Gasteiger partial charge in [0, 0.05) is 38.7 Å². The highest BCUT2D eigenvalue weighted by molar-refractivity contribution is 5.92. The zero-order valence-corrected chi connectivity index (χ0v) is 14.5. The molecular weight excluding hydrogens is 308 g/mol. The number of nitrogens with one attached hydrogen (secondary N) is 1. The summed E-state index contributed by atoms with van der Waals surface area (Å²) in [7, 11) is 0. The van der Waals surface area contributed by atoms with Crippen LogP contribution in [0.2, 0.25) is 0 Å². The third-order valence-corrected chi connectivity index (χ3v) is 4.50. The van der Waals surface area contributed by atoms with Gasteiger partial charge >= 0.3 is 0 Å². The van der Waals surface area contributed by atoms with Gasteiger partial charge in [-0.25, -0.2) is 9.97 Å². The highest BCUT2D eigenvalue weighted by Gasteiger charge is 2.40. The summed E-state index contributed by atoms with van der Waals surface area (Å²) >= 11 is 0. The van der Waals surface area contributed by atoms with Crippen LogP contribution in [0.5, 0.6) is 0 Å². The predicted octanol–water partition coefficient (Wildman–Crippen LogP) is 1.60. The Hall–Kier alpha value is -1.73. The fourth-order valence-electron chi connectivity index (χ4n) is 3.03. The lowest BCUT2D eigenvalue weighted by atomic mass is 10.0. The fourth-order valence-corrected chi connectivity index (χ4v) is 3.03. The lowest BCUT2D eigenvalue weighted by molar-refractivity contribution is -0.169. The van der Waals surface area contributed by atoms with E-state index >= 15 is 0 Å². The van der Waals surface area contributed by atoms with Crippen molar-refractivity contribution in [2.75, 3.05) is 37.7 Å². The van der Waals surface area contributed by atoms with E-state index < -0.39 is 5.79 Å². The van der Waals surface area contributed by atoms with Crippen LogP contribution in [-0.2, 0) is 9.47 Å². The van der Waals surface area contributed by atoms with Gasteiger partial charge in [0.25, 0.3) is 5.91 Å². The lowest BCUT2D eigenvalue weighted by Crippen LogP contribution is -2.45. The minimum atomic E-state index is -0.414. The molecule has 1 aromatic heterocycles. The lowest BCUT2D eigenvalue weighted by Gasteiger charge is -2.37. The second kappa shape index (κ2) is 7.44. The zero-order valence-electron chi connectivity index (χ0n) is 14.5. The van der Waals surface area contributed by atoms with Crippen LogP contribution in [0.15, 0.2) is 12.3 Å². The molecule has 2 aliphatic rings. The van der Waals surface area contributed by atoms with Crippen molar-refractivity contribution in [2.24, 2.45) is 5.92 Å². The van der Waals surface area contributed by atoms with E-state index in [1.165, 1.54) is 0 Å². The van der Waals surface area contributed by atoms with E-state index in [9.17, 15) is 4.79 Å². The quantitative estimate of drug-likeness (QED) is 0.881. The Labute approximate surface area is 142 Å². The first-order valence-electron chi connectivity index (χ1n) is 8.72. The molecule has 0 radical (unpaired) electrons. The number of carbonyl (C=O) groups excluding carboxylic acids is 1. The predicted molar refractivity (Wildman–Crippen MR) is 89.9 cm³/mol. The Morgan fingerprint density at radius 2 is 2.04 bits per heavy atom. The van der Waals surface area contributed by atoms with Crippen LogP contribution in [0.25, 0.3) is 0 Å². The number of carbonyl (C=O) groups is 1. The monoisotopic (exact) mass is 334 g/mol. The number of piperidine rings is 1. The molecule has 24 heavy (non-hydrogen) atoms. The standard InChI is InChI=1S/C17H26N4O3/c1-13(2)3-7-18-15(22)14-4-8-19-16(20-14)21-9-5-17(6-10-21)23-11-12-24-17/h4,8,13H,3,5-7,9-12H2,1-2H3,(H,18,22). The van der Waals surface area contributed by atoms with Gasteiger partial charge in [0.05, 0.1) is 13.2 Å². The molecule has 1 spiro atoms. The van der Waals surface area contributed by atoms with E-state index in [1.807, 2.05) is 0 Å². The molecule has 1 aromatic rings. The molecule has 132 valence electrons. The zero-order chi connectivity index (χ0) is 17.0. The number of anilines is 1. The second-order valence-electron chi connectivity index (χ2n) is 6.77. The van der Waals surface area contributed by atoms with Crippen molar-refractivity contribution in [1.82, 2.24) is 15.3 Å². The maximum Gasteiger partial charge on any atom is 0.270 e. The molecule has 2 fully saturated rings. The van der Waals surface area contributed by atoms with Crippen molar-refractivity contribution in [3.63, 3.8) is 0 Å². The van der Waals surface area contributed by atoms with Gasteiger partial charge < -0.3 is 19.7 Å². The van der Waals surface area contributed by atoms with Crippen LogP contribution in [0.3, 0.4) is 0 Å². The van der Waals surface area contributed by atoms with Gasteiger partial charge in [-0.05, 0) is 18.4 Å². The summed E-state index contributed by atoms with van der Waals surface area (Å²) in [6.07, 6.45) is 4.19. The summed E-state index contributed by atoms with van der Waals surface area (Å²) in [4.78, 5) is 23.0. The van der Waals surface area contributed by atoms with Crippen molar-refractivity contribution >= 4 is 11.9 Å². The summed E-state index contributed by atoms with van der Waals surface area (Å²) in [6, 6.07) is 1.66. The first kappa shape index (κ1) is 17.1. The number of ether oxygens (including phenoxy) is 2. The molecule has 0 bridgehead atoms. The Bertz CT molecular complexity index is 563. The number of hydrogen-bond acceptors (Lipinski definition) is 6. The summed E-state index contributed by atoms with van der Waals surface area (Å²) in [5.74, 6) is 0.601. The average Bonchev–Trinajstić information content (AvgIpc) is 3.03. The largest absolute Gasteiger partial charge is 0.351 e. The van der Waals surface area contributed by atoms with Crippen molar-refractivity contribution < 1.29 is 14.3 Å². The van der Waals surface area contributed by atoms with Gasteiger partial charge in [-0.1, -0.05) is 13.8 Å². The number of rotatable bonds is 5. The summed E-state index contributed by atoms with van der Waals surface area (Å²) in [5, 5.41) is 2.91. The van der Waals surface area contributed by atoms with Gasteiger partial charge in [-0.3, -0.25) is 4.79 Å². The topological polar surface area (TPSA) is 76.6 Å². The Kier molecular flexibility index (Phi) is 5.30. The van der Waals surface area contributed by atoms with Crippen molar-refractivity contribution in [1.29, 1.82) is 0 Å². The molecule has 0 aromatic carbocycles. The number of hydrogen-bond donors (Lipinski definition) is 1. The summed E-state index contributed by atoms with van der Waals surface area (Å²) < 4.78 is 11.5. The summed E-state index contributed by atoms with van der Waals surface area (Å²) in [6.45, 7) is 7.80. The second-order valence-corrected chi connectivity index (χ2v) is 6.77. The first-order valence-corrected chi connectivity index (χ1v) is 8.72. The number of amides is 1. The van der Waals surface area contributed by atoms with Crippen LogP contribution in [0.1, 0.15) is 43.6 Å². The molecule has 2 aliphatic heterocycles. The van der Waals surface area contributed by atoms with E-state index in [1.54, 1.807) is 12.3 Å². The Morgan fingerprint density at radius 3 is 2.71 bits per heavy atom. The molecule has 2 saturated heterocycles. The number of aromatic nitrogens is 2. The molecular formula is C17H26N4O3. The van der Waals surface area contributed by atoms with E-state index in [4.69, 9.17) is 9.47 Å². The highest BCUT2D eigenvalue weighted by atomic mass is 16.7. The van der Waals surface area contributed by atoms with Crippen molar-refractivity contribution in [3.05, 3.63) is 18.0 Å². The molecule has 0 saturated carbocycles. The third kappa shape index (κ3) is 4.02. The smallest absolute Gasteiger partial charge is 0.270 e. The van der Waals surface area contributed by atoms with Crippen LogP contribution in [0.4, 0.5) is 5.95 Å². The van der Waals surface area contributed by atoms with Crippen LogP contribution in [0, 0.1) is 5.92 Å². The molecule has 3 heterocycles.